The van der Waals surface area contributed by atoms with Gasteiger partial charge in [-0.15, -0.1) is 11.3 Å². The Kier molecular flexibility index (Phi) is 4.60. The molecule has 0 radical (unpaired) electrons. The molecule has 1 aromatic heterocycles. The Bertz CT molecular complexity index is 417. The molecule has 0 bridgehead atoms. The SMILES string of the molecule is CN(Cc1cccs1)C(=O)CN1CCCC(C)(O)C1. The van der Waals surface area contributed by atoms with E-state index in [0.717, 1.165) is 19.4 Å². The van der Waals surface area contributed by atoms with E-state index in [4.69, 9.17) is 0 Å². The first-order valence-electron chi connectivity index (χ1n) is 6.67. The first-order valence-corrected chi connectivity index (χ1v) is 7.55. The zero-order valence-corrected chi connectivity index (χ0v) is 12.4. The topological polar surface area (TPSA) is 43.8 Å². The second-order valence-corrected chi connectivity index (χ2v) is 6.67. The molecule has 0 saturated carbocycles. The molecule has 2 rings (SSSR count). The molecule has 1 N–H and O–H groups in total. The van der Waals surface area contributed by atoms with Crippen molar-refractivity contribution in [2.24, 2.45) is 0 Å². The van der Waals surface area contributed by atoms with Crippen LogP contribution in [-0.2, 0) is 11.3 Å². The van der Waals surface area contributed by atoms with Gasteiger partial charge in [-0.25, -0.2) is 0 Å². The number of nitrogens with zero attached hydrogens (tertiary/aromatic N) is 2. The fourth-order valence-corrected chi connectivity index (χ4v) is 3.25. The van der Waals surface area contributed by atoms with Crippen molar-refractivity contribution in [3.8, 4) is 0 Å². The van der Waals surface area contributed by atoms with E-state index in [9.17, 15) is 9.90 Å². The van der Waals surface area contributed by atoms with E-state index in [1.807, 2.05) is 31.5 Å². The van der Waals surface area contributed by atoms with Crippen LogP contribution in [-0.4, -0.2) is 53.1 Å². The Labute approximate surface area is 118 Å². The fraction of sp³-hybridized carbons (Fsp3) is 0.643. The Morgan fingerprint density at radius 2 is 2.42 bits per heavy atom. The molecule has 1 aliphatic heterocycles. The number of carbonyl (C=O) groups is 1. The molecule has 1 saturated heterocycles. The number of rotatable bonds is 4. The molecular weight excluding hydrogens is 260 g/mol. The van der Waals surface area contributed by atoms with Gasteiger partial charge >= 0.3 is 0 Å². The molecule has 0 spiro atoms. The van der Waals surface area contributed by atoms with Crippen molar-refractivity contribution in [1.29, 1.82) is 0 Å². The normalized spacial score (nSPS) is 24.4. The molecule has 1 aromatic rings. The predicted molar refractivity (Wildman–Crippen MR) is 77.1 cm³/mol. The minimum Gasteiger partial charge on any atom is -0.389 e. The lowest BCUT2D eigenvalue weighted by molar-refractivity contribution is -0.133. The molecule has 0 aliphatic carbocycles. The van der Waals surface area contributed by atoms with E-state index in [1.54, 1.807) is 16.2 Å². The van der Waals surface area contributed by atoms with Crippen LogP contribution in [0.5, 0.6) is 0 Å². The molecule has 1 aliphatic rings. The van der Waals surface area contributed by atoms with Crippen molar-refractivity contribution >= 4 is 17.2 Å². The molecule has 1 fully saturated rings. The maximum atomic E-state index is 12.2. The van der Waals surface area contributed by atoms with E-state index in [1.165, 1.54) is 4.88 Å². The lowest BCUT2D eigenvalue weighted by Crippen LogP contribution is -2.49. The Balaban J connectivity index is 1.83. The highest BCUT2D eigenvalue weighted by Gasteiger charge is 2.29. The Morgan fingerprint density at radius 1 is 1.63 bits per heavy atom. The van der Waals surface area contributed by atoms with E-state index in [0.29, 0.717) is 19.6 Å². The Hall–Kier alpha value is -0.910. The molecule has 1 unspecified atom stereocenters. The van der Waals surface area contributed by atoms with Crippen molar-refractivity contribution in [2.75, 3.05) is 26.7 Å². The zero-order valence-electron chi connectivity index (χ0n) is 11.6. The average Bonchev–Trinajstić information content (AvgIpc) is 2.80. The third-order valence-corrected chi connectivity index (χ3v) is 4.37. The smallest absolute Gasteiger partial charge is 0.236 e. The number of hydrogen-bond acceptors (Lipinski definition) is 4. The van der Waals surface area contributed by atoms with Gasteiger partial charge < -0.3 is 10.0 Å². The number of β-amino-alcohol motifs (C(OH)–C–C–N with tert-alkyl or cyclic N) is 1. The summed E-state index contributed by atoms with van der Waals surface area (Å²) in [4.78, 5) is 17.2. The number of likely N-dealkylation sites (tertiary alicyclic amines) is 1. The van der Waals surface area contributed by atoms with E-state index >= 15 is 0 Å². The van der Waals surface area contributed by atoms with Gasteiger partial charge in [0.15, 0.2) is 0 Å². The zero-order chi connectivity index (χ0) is 13.9. The second kappa shape index (κ2) is 6.03. The van der Waals surface area contributed by atoms with E-state index < -0.39 is 5.60 Å². The predicted octanol–water partition coefficient (Wildman–Crippen LogP) is 1.55. The summed E-state index contributed by atoms with van der Waals surface area (Å²) in [5.41, 5.74) is -0.648. The van der Waals surface area contributed by atoms with Crippen LogP contribution < -0.4 is 0 Å². The Morgan fingerprint density at radius 3 is 3.05 bits per heavy atom. The molecule has 5 heteroatoms. The van der Waals surface area contributed by atoms with Crippen LogP contribution in [0.1, 0.15) is 24.6 Å². The highest BCUT2D eigenvalue weighted by molar-refractivity contribution is 7.09. The van der Waals surface area contributed by atoms with Crippen molar-refractivity contribution in [3.63, 3.8) is 0 Å². The molecule has 4 nitrogen and oxygen atoms in total. The van der Waals surface area contributed by atoms with Crippen LogP contribution in [0.4, 0.5) is 0 Å². The van der Waals surface area contributed by atoms with Crippen LogP contribution in [0.25, 0.3) is 0 Å². The van der Waals surface area contributed by atoms with Gasteiger partial charge in [-0.3, -0.25) is 9.69 Å². The third-order valence-electron chi connectivity index (χ3n) is 3.51. The number of hydrogen-bond donors (Lipinski definition) is 1. The van der Waals surface area contributed by atoms with Gasteiger partial charge in [0.05, 0.1) is 18.7 Å². The molecule has 2 heterocycles. The maximum Gasteiger partial charge on any atom is 0.236 e. The van der Waals surface area contributed by atoms with Gasteiger partial charge in [-0.1, -0.05) is 6.07 Å². The third kappa shape index (κ3) is 4.30. The van der Waals surface area contributed by atoms with Crippen LogP contribution in [0.15, 0.2) is 17.5 Å². The summed E-state index contributed by atoms with van der Waals surface area (Å²) < 4.78 is 0. The number of carbonyl (C=O) groups excluding carboxylic acids is 1. The van der Waals surface area contributed by atoms with Gasteiger partial charge in [-0.05, 0) is 37.8 Å². The van der Waals surface area contributed by atoms with Crippen LogP contribution in [0.2, 0.25) is 0 Å². The van der Waals surface area contributed by atoms with Gasteiger partial charge in [0.25, 0.3) is 0 Å². The number of piperidine rings is 1. The number of aliphatic hydroxyl groups is 1. The van der Waals surface area contributed by atoms with Crippen LogP contribution in [0.3, 0.4) is 0 Å². The number of thiophene rings is 1. The number of amides is 1. The highest BCUT2D eigenvalue weighted by atomic mass is 32.1. The maximum absolute atomic E-state index is 12.2. The van der Waals surface area contributed by atoms with E-state index in [-0.39, 0.29) is 5.91 Å². The molecule has 1 amide bonds. The molecular formula is C14H22N2O2S. The summed E-state index contributed by atoms with van der Waals surface area (Å²) in [6, 6.07) is 4.04. The van der Waals surface area contributed by atoms with Crippen molar-refractivity contribution in [2.45, 2.75) is 31.9 Å². The summed E-state index contributed by atoms with van der Waals surface area (Å²) in [5, 5.41) is 12.1. The summed E-state index contributed by atoms with van der Waals surface area (Å²) in [7, 11) is 1.84. The molecule has 106 valence electrons. The van der Waals surface area contributed by atoms with Crippen LogP contribution in [0, 0.1) is 0 Å². The highest BCUT2D eigenvalue weighted by Crippen LogP contribution is 2.20. The molecule has 0 aromatic carbocycles. The lowest BCUT2D eigenvalue weighted by Gasteiger charge is -2.37. The molecule has 1 atom stereocenters. The fourth-order valence-electron chi connectivity index (χ4n) is 2.49. The van der Waals surface area contributed by atoms with Gasteiger partial charge in [0.2, 0.25) is 5.91 Å². The van der Waals surface area contributed by atoms with Gasteiger partial charge in [0, 0.05) is 18.5 Å². The summed E-state index contributed by atoms with van der Waals surface area (Å²) >= 11 is 1.67. The van der Waals surface area contributed by atoms with Crippen molar-refractivity contribution in [3.05, 3.63) is 22.4 Å². The minimum absolute atomic E-state index is 0.117. The van der Waals surface area contributed by atoms with E-state index in [2.05, 4.69) is 4.90 Å². The minimum atomic E-state index is -0.648. The summed E-state index contributed by atoms with van der Waals surface area (Å²) in [6.45, 7) is 4.40. The second-order valence-electron chi connectivity index (χ2n) is 5.64. The monoisotopic (exact) mass is 282 g/mol. The standard InChI is InChI=1S/C14H22N2O2S/c1-14(18)6-4-7-16(11-14)10-13(17)15(2)9-12-5-3-8-19-12/h3,5,8,18H,4,6-7,9-11H2,1-2H3. The van der Waals surface area contributed by atoms with Crippen molar-refractivity contribution < 1.29 is 9.90 Å². The quantitative estimate of drug-likeness (QED) is 0.911. The summed E-state index contributed by atoms with van der Waals surface area (Å²) in [5.74, 6) is 0.117. The number of likely N-dealkylation sites (N-methyl/N-ethyl adjacent to an activating group) is 1. The van der Waals surface area contributed by atoms with Crippen molar-refractivity contribution in [1.82, 2.24) is 9.80 Å². The first-order chi connectivity index (χ1) is 8.96. The van der Waals surface area contributed by atoms with Gasteiger partial charge in [0.1, 0.15) is 0 Å². The first kappa shape index (κ1) is 14.5. The van der Waals surface area contributed by atoms with Crippen LogP contribution >= 0.6 is 11.3 Å². The average molecular weight is 282 g/mol. The molecule has 19 heavy (non-hydrogen) atoms. The van der Waals surface area contributed by atoms with Gasteiger partial charge in [-0.2, -0.15) is 0 Å². The largest absolute Gasteiger partial charge is 0.389 e. The lowest BCUT2D eigenvalue weighted by atomic mass is 9.95. The summed E-state index contributed by atoms with van der Waals surface area (Å²) in [6.07, 6.45) is 1.78.